The molecule has 4 nitrogen and oxygen atoms in total. The molecule has 0 bridgehead atoms. The Labute approximate surface area is 88.3 Å². The third kappa shape index (κ3) is 1.65. The van der Waals surface area contributed by atoms with Crippen LogP contribution in [0.1, 0.15) is 17.4 Å². The largest absolute Gasteiger partial charge is 0.318 e. The summed E-state index contributed by atoms with van der Waals surface area (Å²) in [5.74, 6) is -3.95. The second kappa shape index (κ2) is 3.93. The van der Waals surface area contributed by atoms with E-state index in [0.717, 1.165) is 12.1 Å². The molecule has 2 rings (SSSR count). The normalized spacial score (nSPS) is 12.8. The van der Waals surface area contributed by atoms with Crippen molar-refractivity contribution in [1.29, 1.82) is 0 Å². The van der Waals surface area contributed by atoms with Crippen LogP contribution >= 0.6 is 0 Å². The molecule has 3 N–H and O–H groups in total. The first kappa shape index (κ1) is 10.6. The van der Waals surface area contributed by atoms with Gasteiger partial charge in [0.2, 0.25) is 0 Å². The summed E-state index contributed by atoms with van der Waals surface area (Å²) in [5, 5.41) is 5.96. The van der Waals surface area contributed by atoms with Crippen molar-refractivity contribution in [1.82, 2.24) is 15.2 Å². The molecule has 84 valence electrons. The molecule has 1 heterocycles. The summed E-state index contributed by atoms with van der Waals surface area (Å²) in [6, 6.07) is 0.864. The highest BCUT2D eigenvalue weighted by molar-refractivity contribution is 5.27. The van der Waals surface area contributed by atoms with E-state index in [0.29, 0.717) is 0 Å². The molecule has 1 aromatic heterocycles. The predicted molar refractivity (Wildman–Crippen MR) is 48.7 cm³/mol. The monoisotopic (exact) mass is 228 g/mol. The molecule has 2 aromatic rings. The van der Waals surface area contributed by atoms with Crippen molar-refractivity contribution in [2.45, 2.75) is 6.04 Å². The van der Waals surface area contributed by atoms with Gasteiger partial charge in [0.05, 0.1) is 6.04 Å². The molecule has 1 unspecified atom stereocenters. The van der Waals surface area contributed by atoms with Crippen LogP contribution in [-0.4, -0.2) is 15.2 Å². The average Bonchev–Trinajstić information content (AvgIpc) is 2.79. The molecule has 0 aliphatic rings. The number of hydrogen-bond donors (Lipinski definition) is 2. The van der Waals surface area contributed by atoms with Gasteiger partial charge in [0.25, 0.3) is 0 Å². The second-order valence-electron chi connectivity index (χ2n) is 3.11. The van der Waals surface area contributed by atoms with Crippen LogP contribution in [0.5, 0.6) is 0 Å². The summed E-state index contributed by atoms with van der Waals surface area (Å²) < 4.78 is 39.0. The maximum absolute atomic E-state index is 13.3. The topological polar surface area (TPSA) is 67.6 Å². The van der Waals surface area contributed by atoms with E-state index in [2.05, 4.69) is 15.2 Å². The molecule has 0 radical (unpaired) electrons. The highest BCUT2D eigenvalue weighted by Crippen LogP contribution is 2.22. The quantitative estimate of drug-likeness (QED) is 0.760. The van der Waals surface area contributed by atoms with Crippen molar-refractivity contribution >= 4 is 0 Å². The Kier molecular flexibility index (Phi) is 2.61. The Morgan fingerprint density at radius 2 is 1.94 bits per heavy atom. The Morgan fingerprint density at radius 3 is 2.56 bits per heavy atom. The SMILES string of the molecule is NC(c1ncn[nH]1)c1ccc(F)c(F)c1F. The van der Waals surface area contributed by atoms with Crippen LogP contribution in [0, 0.1) is 17.5 Å². The summed E-state index contributed by atoms with van der Waals surface area (Å²) in [4.78, 5) is 3.71. The van der Waals surface area contributed by atoms with E-state index in [4.69, 9.17) is 5.73 Å². The molecule has 16 heavy (non-hydrogen) atoms. The predicted octanol–water partition coefficient (Wildman–Crippen LogP) is 1.27. The van der Waals surface area contributed by atoms with Gasteiger partial charge < -0.3 is 5.73 Å². The molecule has 0 aliphatic heterocycles. The molecule has 1 aromatic carbocycles. The van der Waals surface area contributed by atoms with Crippen LogP contribution in [0.15, 0.2) is 18.5 Å². The number of H-pyrrole nitrogens is 1. The second-order valence-corrected chi connectivity index (χ2v) is 3.11. The summed E-state index contributed by atoms with van der Waals surface area (Å²) in [7, 11) is 0. The van der Waals surface area contributed by atoms with Gasteiger partial charge in [0.15, 0.2) is 17.5 Å². The lowest BCUT2D eigenvalue weighted by Crippen LogP contribution is -2.16. The van der Waals surface area contributed by atoms with Crippen molar-refractivity contribution in [2.24, 2.45) is 5.73 Å². The molecule has 7 heteroatoms. The molecule has 0 saturated carbocycles. The molecular weight excluding hydrogens is 221 g/mol. The first-order chi connectivity index (χ1) is 7.61. The molecule has 0 spiro atoms. The maximum Gasteiger partial charge on any atom is 0.194 e. The third-order valence-corrected chi connectivity index (χ3v) is 2.13. The zero-order valence-corrected chi connectivity index (χ0v) is 7.92. The Hall–Kier alpha value is -1.89. The van der Waals surface area contributed by atoms with Crippen molar-refractivity contribution in [2.75, 3.05) is 0 Å². The van der Waals surface area contributed by atoms with Crippen molar-refractivity contribution < 1.29 is 13.2 Å². The number of benzene rings is 1. The van der Waals surface area contributed by atoms with Crippen LogP contribution < -0.4 is 5.73 Å². The number of aromatic nitrogens is 3. The van der Waals surface area contributed by atoms with Gasteiger partial charge >= 0.3 is 0 Å². The average molecular weight is 228 g/mol. The Bertz CT molecular complexity index is 498. The summed E-state index contributed by atoms with van der Waals surface area (Å²) in [5.41, 5.74) is 5.43. The van der Waals surface area contributed by atoms with Gasteiger partial charge in [-0.05, 0) is 6.07 Å². The molecule has 1 atom stereocenters. The molecule has 0 aliphatic carbocycles. The Morgan fingerprint density at radius 1 is 1.19 bits per heavy atom. The number of hydrogen-bond acceptors (Lipinski definition) is 3. The number of aromatic amines is 1. The van der Waals surface area contributed by atoms with E-state index in [1.54, 1.807) is 0 Å². The van der Waals surface area contributed by atoms with Crippen molar-refractivity contribution in [3.05, 3.63) is 47.3 Å². The van der Waals surface area contributed by atoms with E-state index >= 15 is 0 Å². The van der Waals surface area contributed by atoms with Gasteiger partial charge in [0, 0.05) is 5.56 Å². The maximum atomic E-state index is 13.3. The van der Waals surface area contributed by atoms with Gasteiger partial charge in [-0.2, -0.15) is 5.10 Å². The van der Waals surface area contributed by atoms with E-state index in [9.17, 15) is 13.2 Å². The molecule has 0 amide bonds. The molecule has 0 saturated heterocycles. The highest BCUT2D eigenvalue weighted by atomic mass is 19.2. The summed E-state index contributed by atoms with van der Waals surface area (Å²) in [6.45, 7) is 0. The van der Waals surface area contributed by atoms with Crippen molar-refractivity contribution in [3.8, 4) is 0 Å². The zero-order valence-electron chi connectivity index (χ0n) is 7.92. The Balaban J connectivity index is 2.45. The lowest BCUT2D eigenvalue weighted by Gasteiger charge is -2.10. The number of nitrogens with two attached hydrogens (primary N) is 1. The minimum atomic E-state index is -1.55. The number of rotatable bonds is 2. The van der Waals surface area contributed by atoms with Crippen molar-refractivity contribution in [3.63, 3.8) is 0 Å². The van der Waals surface area contributed by atoms with E-state index in [1.165, 1.54) is 6.33 Å². The van der Waals surface area contributed by atoms with Gasteiger partial charge in [-0.15, -0.1) is 0 Å². The zero-order chi connectivity index (χ0) is 11.7. The standard InChI is InChI=1S/C9H7F3N4/c10-5-2-1-4(6(11)7(5)12)8(13)9-14-3-15-16-9/h1-3,8H,13H2,(H,14,15,16). The van der Waals surface area contributed by atoms with E-state index in [-0.39, 0.29) is 11.4 Å². The van der Waals surface area contributed by atoms with Crippen LogP contribution in [0.25, 0.3) is 0 Å². The fraction of sp³-hybridized carbons (Fsp3) is 0.111. The fourth-order valence-electron chi connectivity index (χ4n) is 1.29. The van der Waals surface area contributed by atoms with Crippen LogP contribution in [0.3, 0.4) is 0 Å². The smallest absolute Gasteiger partial charge is 0.194 e. The van der Waals surface area contributed by atoms with Crippen LogP contribution in [-0.2, 0) is 0 Å². The lowest BCUT2D eigenvalue weighted by molar-refractivity contribution is 0.437. The fourth-order valence-corrected chi connectivity index (χ4v) is 1.29. The number of halogens is 3. The van der Waals surface area contributed by atoms with Crippen LogP contribution in [0.4, 0.5) is 13.2 Å². The number of nitrogens with one attached hydrogen (secondary N) is 1. The minimum Gasteiger partial charge on any atom is -0.318 e. The van der Waals surface area contributed by atoms with E-state index < -0.39 is 23.5 Å². The third-order valence-electron chi connectivity index (χ3n) is 2.13. The van der Waals surface area contributed by atoms with Gasteiger partial charge in [-0.25, -0.2) is 18.2 Å². The van der Waals surface area contributed by atoms with Gasteiger partial charge in [0.1, 0.15) is 12.2 Å². The van der Waals surface area contributed by atoms with Crippen LogP contribution in [0.2, 0.25) is 0 Å². The molecule has 0 fully saturated rings. The van der Waals surface area contributed by atoms with Gasteiger partial charge in [-0.3, -0.25) is 5.10 Å². The molecular formula is C9H7F3N4. The summed E-state index contributed by atoms with van der Waals surface area (Å²) in [6.07, 6.45) is 1.19. The van der Waals surface area contributed by atoms with Gasteiger partial charge in [-0.1, -0.05) is 6.07 Å². The first-order valence-corrected chi connectivity index (χ1v) is 4.35. The summed E-state index contributed by atoms with van der Waals surface area (Å²) >= 11 is 0. The highest BCUT2D eigenvalue weighted by Gasteiger charge is 2.20. The first-order valence-electron chi connectivity index (χ1n) is 4.35. The lowest BCUT2D eigenvalue weighted by atomic mass is 10.1. The van der Waals surface area contributed by atoms with E-state index in [1.807, 2.05) is 0 Å². The number of nitrogens with zero attached hydrogens (tertiary/aromatic N) is 2. The minimum absolute atomic E-state index is 0.171.